The fourth-order valence-electron chi connectivity index (χ4n) is 1.11. The molecule has 0 aromatic carbocycles. The van der Waals surface area contributed by atoms with E-state index in [9.17, 15) is 4.79 Å². The minimum Gasteiger partial charge on any atom is -0.481 e. The lowest BCUT2D eigenvalue weighted by Gasteiger charge is -2.23. The molecule has 0 saturated carbocycles. The zero-order chi connectivity index (χ0) is 9.68. The van der Waals surface area contributed by atoms with Crippen LogP contribution in [0.4, 0.5) is 0 Å². The van der Waals surface area contributed by atoms with Gasteiger partial charge in [-0.05, 0) is 12.5 Å². The molecule has 1 rings (SSSR count). The van der Waals surface area contributed by atoms with Gasteiger partial charge in [-0.15, -0.1) is 0 Å². The molecule has 0 saturated heterocycles. The average molecular weight is 183 g/mol. The highest BCUT2D eigenvalue weighted by Crippen LogP contribution is 2.00. The van der Waals surface area contributed by atoms with E-state index in [1.54, 1.807) is 6.20 Å². The van der Waals surface area contributed by atoms with Gasteiger partial charge in [-0.2, -0.15) is 0 Å². The fraction of sp³-hybridized carbons (Fsp3) is 0.500. The van der Waals surface area contributed by atoms with Crippen LogP contribution in [-0.2, 0) is 4.79 Å². The smallest absolute Gasteiger partial charge is 0.303 e. The highest BCUT2D eigenvalue weighted by molar-refractivity contribution is 5.79. The van der Waals surface area contributed by atoms with Crippen LogP contribution >= 0.6 is 0 Å². The Morgan fingerprint density at radius 1 is 1.77 bits per heavy atom. The summed E-state index contributed by atoms with van der Waals surface area (Å²) in [7, 11) is 0. The third-order valence-corrected chi connectivity index (χ3v) is 1.78. The molecule has 0 bridgehead atoms. The molecule has 72 valence electrons. The first-order chi connectivity index (χ1) is 6.20. The van der Waals surface area contributed by atoms with E-state index in [1.165, 1.54) is 0 Å². The Kier molecular flexibility index (Phi) is 3.31. The summed E-state index contributed by atoms with van der Waals surface area (Å²) in [6, 6.07) is 0. The molecule has 5 nitrogen and oxygen atoms in total. The van der Waals surface area contributed by atoms with Crippen LogP contribution < -0.4 is 5.73 Å². The number of carbonyl (C=O) groups is 1. The van der Waals surface area contributed by atoms with E-state index in [-0.39, 0.29) is 6.42 Å². The van der Waals surface area contributed by atoms with Gasteiger partial charge in [0, 0.05) is 25.7 Å². The molecular weight excluding hydrogens is 170 g/mol. The SMILES string of the molecule is NC1=NC=CCN1CCCC(=O)O. The van der Waals surface area contributed by atoms with E-state index < -0.39 is 5.97 Å². The molecule has 0 fully saturated rings. The molecule has 1 aliphatic heterocycles. The molecule has 1 heterocycles. The summed E-state index contributed by atoms with van der Waals surface area (Å²) in [5.74, 6) is -0.309. The van der Waals surface area contributed by atoms with Crippen molar-refractivity contribution in [2.75, 3.05) is 13.1 Å². The van der Waals surface area contributed by atoms with Gasteiger partial charge in [-0.25, -0.2) is 4.99 Å². The second kappa shape index (κ2) is 4.49. The van der Waals surface area contributed by atoms with Crippen molar-refractivity contribution in [1.82, 2.24) is 4.90 Å². The summed E-state index contributed by atoms with van der Waals surface area (Å²) in [5, 5.41) is 8.41. The summed E-state index contributed by atoms with van der Waals surface area (Å²) < 4.78 is 0. The number of hydrogen-bond acceptors (Lipinski definition) is 4. The maximum Gasteiger partial charge on any atom is 0.303 e. The van der Waals surface area contributed by atoms with Crippen LogP contribution in [-0.4, -0.2) is 35.0 Å². The van der Waals surface area contributed by atoms with Gasteiger partial charge in [-0.1, -0.05) is 0 Å². The van der Waals surface area contributed by atoms with Crippen molar-refractivity contribution in [3.8, 4) is 0 Å². The van der Waals surface area contributed by atoms with E-state index >= 15 is 0 Å². The number of hydrogen-bond donors (Lipinski definition) is 2. The van der Waals surface area contributed by atoms with Gasteiger partial charge in [0.15, 0.2) is 5.96 Å². The lowest BCUT2D eigenvalue weighted by Crippen LogP contribution is -2.39. The number of guanidine groups is 1. The second-order valence-electron chi connectivity index (χ2n) is 2.82. The second-order valence-corrected chi connectivity index (χ2v) is 2.82. The summed E-state index contributed by atoms with van der Waals surface area (Å²) in [6.07, 6.45) is 4.31. The largest absolute Gasteiger partial charge is 0.481 e. The van der Waals surface area contributed by atoms with E-state index in [0.29, 0.717) is 18.9 Å². The number of carboxylic acid groups (broad SMARTS) is 1. The zero-order valence-electron chi connectivity index (χ0n) is 7.31. The van der Waals surface area contributed by atoms with Crippen molar-refractivity contribution in [2.45, 2.75) is 12.8 Å². The molecule has 13 heavy (non-hydrogen) atoms. The minimum absolute atomic E-state index is 0.174. The number of rotatable bonds is 4. The Balaban J connectivity index is 2.26. The molecule has 5 heteroatoms. The van der Waals surface area contributed by atoms with Gasteiger partial charge in [0.05, 0.1) is 0 Å². The summed E-state index contributed by atoms with van der Waals surface area (Å²) in [5.41, 5.74) is 5.57. The van der Waals surface area contributed by atoms with Crippen LogP contribution in [0.3, 0.4) is 0 Å². The van der Waals surface area contributed by atoms with Crippen molar-refractivity contribution < 1.29 is 9.90 Å². The average Bonchev–Trinajstić information content (AvgIpc) is 2.08. The number of nitrogens with zero attached hydrogens (tertiary/aromatic N) is 2. The van der Waals surface area contributed by atoms with Crippen LogP contribution in [0.5, 0.6) is 0 Å². The van der Waals surface area contributed by atoms with Gasteiger partial charge < -0.3 is 15.7 Å². The Morgan fingerprint density at radius 2 is 2.54 bits per heavy atom. The molecule has 0 radical (unpaired) electrons. The molecular formula is C8H13N3O2. The Hall–Kier alpha value is -1.52. The first kappa shape index (κ1) is 9.57. The summed E-state index contributed by atoms with van der Waals surface area (Å²) in [6.45, 7) is 1.36. The molecule has 0 aliphatic carbocycles. The Bertz CT molecular complexity index is 248. The maximum absolute atomic E-state index is 10.2. The highest BCUT2D eigenvalue weighted by Gasteiger charge is 2.08. The van der Waals surface area contributed by atoms with Crippen LogP contribution in [0.25, 0.3) is 0 Å². The molecule has 3 N–H and O–H groups in total. The fourth-order valence-corrected chi connectivity index (χ4v) is 1.11. The third-order valence-electron chi connectivity index (χ3n) is 1.78. The number of carboxylic acids is 1. The quantitative estimate of drug-likeness (QED) is 0.642. The standard InChI is InChI=1S/C8H13N3O2/c9-8-10-4-2-6-11(8)5-1-3-7(12)13/h2,4H,1,3,5-6H2,(H2,9,10)(H,12,13). The molecule has 0 aromatic heterocycles. The maximum atomic E-state index is 10.2. The molecule has 0 unspecified atom stereocenters. The topological polar surface area (TPSA) is 78.9 Å². The van der Waals surface area contributed by atoms with Gasteiger partial charge in [0.25, 0.3) is 0 Å². The molecule has 0 spiro atoms. The molecule has 0 amide bonds. The lowest BCUT2D eigenvalue weighted by molar-refractivity contribution is -0.137. The first-order valence-electron chi connectivity index (χ1n) is 4.15. The van der Waals surface area contributed by atoms with Crippen molar-refractivity contribution >= 4 is 11.9 Å². The third kappa shape index (κ3) is 3.14. The first-order valence-corrected chi connectivity index (χ1v) is 4.15. The Morgan fingerprint density at radius 3 is 3.15 bits per heavy atom. The van der Waals surface area contributed by atoms with Crippen molar-refractivity contribution in [3.05, 3.63) is 12.3 Å². The number of aliphatic imine (C=N–C) groups is 1. The summed E-state index contributed by atoms with van der Waals surface area (Å²) in [4.78, 5) is 16.0. The normalized spacial score (nSPS) is 15.7. The van der Waals surface area contributed by atoms with Crippen LogP contribution in [0.2, 0.25) is 0 Å². The van der Waals surface area contributed by atoms with E-state index in [4.69, 9.17) is 10.8 Å². The number of nitrogens with two attached hydrogens (primary N) is 1. The number of aliphatic carboxylic acids is 1. The zero-order valence-corrected chi connectivity index (χ0v) is 7.31. The lowest BCUT2D eigenvalue weighted by atomic mass is 10.3. The highest BCUT2D eigenvalue weighted by atomic mass is 16.4. The van der Waals surface area contributed by atoms with Gasteiger partial charge in [0.1, 0.15) is 0 Å². The predicted molar refractivity (Wildman–Crippen MR) is 49.2 cm³/mol. The molecule has 0 aromatic rings. The van der Waals surface area contributed by atoms with E-state index in [1.807, 2.05) is 11.0 Å². The molecule has 0 atom stereocenters. The van der Waals surface area contributed by atoms with Crippen LogP contribution in [0.15, 0.2) is 17.3 Å². The predicted octanol–water partition coefficient (Wildman–Crippen LogP) is -0.00480. The Labute approximate surface area is 76.5 Å². The van der Waals surface area contributed by atoms with Crippen LogP contribution in [0.1, 0.15) is 12.8 Å². The minimum atomic E-state index is -0.775. The van der Waals surface area contributed by atoms with Crippen LogP contribution in [0, 0.1) is 0 Å². The van der Waals surface area contributed by atoms with Crippen molar-refractivity contribution in [2.24, 2.45) is 10.7 Å². The summed E-state index contributed by atoms with van der Waals surface area (Å²) >= 11 is 0. The van der Waals surface area contributed by atoms with Crippen molar-refractivity contribution in [3.63, 3.8) is 0 Å². The van der Waals surface area contributed by atoms with E-state index in [0.717, 1.165) is 6.54 Å². The van der Waals surface area contributed by atoms with Gasteiger partial charge >= 0.3 is 5.97 Å². The molecule has 1 aliphatic rings. The van der Waals surface area contributed by atoms with Crippen molar-refractivity contribution in [1.29, 1.82) is 0 Å². The van der Waals surface area contributed by atoms with E-state index in [2.05, 4.69) is 4.99 Å². The van der Waals surface area contributed by atoms with Gasteiger partial charge in [0.2, 0.25) is 0 Å². The van der Waals surface area contributed by atoms with Gasteiger partial charge in [-0.3, -0.25) is 4.79 Å². The monoisotopic (exact) mass is 183 g/mol.